The molecule has 1 amide bonds. The highest BCUT2D eigenvalue weighted by atomic mass is 79.9. The summed E-state index contributed by atoms with van der Waals surface area (Å²) in [4.78, 5) is 16.5. The van der Waals surface area contributed by atoms with Gasteiger partial charge >= 0.3 is 0 Å². The minimum absolute atomic E-state index is 0.147. The van der Waals surface area contributed by atoms with E-state index in [2.05, 4.69) is 31.0 Å². The molecule has 2 aromatic rings. The number of hydrogen-bond donors (Lipinski definition) is 2. The lowest BCUT2D eigenvalue weighted by Gasteiger charge is -2.07. The van der Waals surface area contributed by atoms with Crippen LogP contribution in [0.15, 0.2) is 56.8 Å². The van der Waals surface area contributed by atoms with E-state index in [1.165, 1.54) is 6.07 Å². The Bertz CT molecular complexity index is 971. The summed E-state index contributed by atoms with van der Waals surface area (Å²) in [5.74, 6) is 0.0861. The lowest BCUT2D eigenvalue weighted by atomic mass is 10.2. The van der Waals surface area contributed by atoms with Gasteiger partial charge in [-0.15, -0.1) is 0 Å². The molecular formula is C17H16BrN3O3S. The highest BCUT2D eigenvalue weighted by Gasteiger charge is 2.29. The number of fused-ring (bicyclic) bond motifs is 1. The SMILES string of the molecule is Cc1ccc(NC(=O)CCN=C2NS(=O)(=O)c3ccccc32)c(Br)c1. The minimum atomic E-state index is -3.55. The summed E-state index contributed by atoms with van der Waals surface area (Å²) in [6, 6.07) is 12.3. The van der Waals surface area contributed by atoms with Gasteiger partial charge in [-0.25, -0.2) is 8.42 Å². The quantitative estimate of drug-likeness (QED) is 0.795. The molecule has 0 spiro atoms. The monoisotopic (exact) mass is 421 g/mol. The normalized spacial score (nSPS) is 16.3. The molecule has 0 bridgehead atoms. The first-order valence-electron chi connectivity index (χ1n) is 7.59. The molecule has 1 aliphatic rings. The van der Waals surface area contributed by atoms with Gasteiger partial charge < -0.3 is 5.32 Å². The maximum atomic E-state index is 12.1. The molecule has 25 heavy (non-hydrogen) atoms. The van der Waals surface area contributed by atoms with Crippen molar-refractivity contribution in [3.8, 4) is 0 Å². The topological polar surface area (TPSA) is 87.6 Å². The number of nitrogens with zero attached hydrogens (tertiary/aromatic N) is 1. The number of sulfonamides is 1. The van der Waals surface area contributed by atoms with Crippen molar-refractivity contribution < 1.29 is 13.2 Å². The van der Waals surface area contributed by atoms with Crippen molar-refractivity contribution in [2.75, 3.05) is 11.9 Å². The van der Waals surface area contributed by atoms with Crippen molar-refractivity contribution >= 4 is 43.4 Å². The van der Waals surface area contributed by atoms with E-state index in [9.17, 15) is 13.2 Å². The average molecular weight is 422 g/mol. The zero-order valence-corrected chi connectivity index (χ0v) is 15.8. The molecule has 1 heterocycles. The zero-order valence-electron chi connectivity index (χ0n) is 13.4. The maximum absolute atomic E-state index is 12.1. The van der Waals surface area contributed by atoms with Crippen molar-refractivity contribution in [3.63, 3.8) is 0 Å². The molecule has 0 aromatic heterocycles. The lowest BCUT2D eigenvalue weighted by Crippen LogP contribution is -2.23. The molecule has 2 N–H and O–H groups in total. The molecule has 0 radical (unpaired) electrons. The van der Waals surface area contributed by atoms with E-state index in [4.69, 9.17) is 0 Å². The van der Waals surface area contributed by atoms with Gasteiger partial charge in [-0.1, -0.05) is 18.2 Å². The Morgan fingerprint density at radius 1 is 1.24 bits per heavy atom. The fourth-order valence-electron chi connectivity index (χ4n) is 2.45. The van der Waals surface area contributed by atoms with Crippen molar-refractivity contribution in [1.82, 2.24) is 4.72 Å². The van der Waals surface area contributed by atoms with Crippen LogP contribution in [0.4, 0.5) is 5.69 Å². The van der Waals surface area contributed by atoms with E-state index in [0.717, 1.165) is 10.0 Å². The van der Waals surface area contributed by atoms with Crippen molar-refractivity contribution in [3.05, 3.63) is 58.1 Å². The van der Waals surface area contributed by atoms with Gasteiger partial charge in [0, 0.05) is 16.5 Å². The predicted octanol–water partition coefficient (Wildman–Crippen LogP) is 2.82. The number of amidine groups is 1. The first-order chi connectivity index (χ1) is 11.9. The van der Waals surface area contributed by atoms with Crippen molar-refractivity contribution in [1.29, 1.82) is 0 Å². The number of aryl methyl sites for hydroxylation is 1. The van der Waals surface area contributed by atoms with Crippen LogP contribution < -0.4 is 10.0 Å². The van der Waals surface area contributed by atoms with Crippen LogP contribution in [0.2, 0.25) is 0 Å². The standard InChI is InChI=1S/C17H16BrN3O3S/c1-11-6-7-14(13(18)10-11)20-16(22)8-9-19-17-12-4-2-3-5-15(12)25(23,24)21-17/h2-7,10H,8-9H2,1H3,(H,19,21)(H,20,22). The second-order valence-corrected chi connectivity index (χ2v) is 8.12. The van der Waals surface area contributed by atoms with Gasteiger partial charge in [0.2, 0.25) is 5.91 Å². The first-order valence-corrected chi connectivity index (χ1v) is 9.87. The van der Waals surface area contributed by atoms with E-state index in [0.29, 0.717) is 11.3 Å². The molecule has 0 aliphatic carbocycles. The number of carbonyl (C=O) groups excluding carboxylic acids is 1. The van der Waals surface area contributed by atoms with Crippen LogP contribution in [0, 0.1) is 6.92 Å². The number of hydrogen-bond acceptors (Lipinski definition) is 4. The Morgan fingerprint density at radius 2 is 2.00 bits per heavy atom. The number of anilines is 1. The van der Waals surface area contributed by atoms with Crippen molar-refractivity contribution in [2.45, 2.75) is 18.2 Å². The number of aliphatic imine (C=N–C) groups is 1. The molecule has 0 unspecified atom stereocenters. The van der Waals surface area contributed by atoms with E-state index in [1.807, 2.05) is 25.1 Å². The third kappa shape index (κ3) is 3.91. The molecule has 0 fully saturated rings. The van der Waals surface area contributed by atoms with Gasteiger partial charge in [-0.2, -0.15) is 0 Å². The second kappa shape index (κ2) is 6.97. The Morgan fingerprint density at radius 3 is 2.76 bits per heavy atom. The smallest absolute Gasteiger partial charge is 0.263 e. The van der Waals surface area contributed by atoms with Gasteiger partial charge in [0.15, 0.2) is 0 Å². The number of nitrogens with one attached hydrogen (secondary N) is 2. The predicted molar refractivity (Wildman–Crippen MR) is 100 cm³/mol. The molecule has 8 heteroatoms. The molecule has 0 saturated heterocycles. The number of amides is 1. The first kappa shape index (κ1) is 17.6. The zero-order chi connectivity index (χ0) is 18.0. The van der Waals surface area contributed by atoms with E-state index >= 15 is 0 Å². The second-order valence-electron chi connectivity index (χ2n) is 5.61. The number of carbonyl (C=O) groups is 1. The molecule has 3 rings (SSSR count). The number of benzene rings is 2. The molecule has 2 aromatic carbocycles. The van der Waals surface area contributed by atoms with Gasteiger partial charge in [-0.05, 0) is 52.7 Å². The summed E-state index contributed by atoms with van der Waals surface area (Å²) in [7, 11) is -3.55. The summed E-state index contributed by atoms with van der Waals surface area (Å²) in [5, 5.41) is 2.80. The molecular weight excluding hydrogens is 406 g/mol. The third-order valence-corrected chi connectivity index (χ3v) is 5.72. The Balaban J connectivity index is 1.65. The minimum Gasteiger partial charge on any atom is -0.325 e. The van der Waals surface area contributed by atoms with Crippen LogP contribution in [-0.2, 0) is 14.8 Å². The molecule has 0 saturated carbocycles. The third-order valence-electron chi connectivity index (χ3n) is 3.67. The van der Waals surface area contributed by atoms with Crippen LogP contribution >= 0.6 is 15.9 Å². The van der Waals surface area contributed by atoms with Gasteiger partial charge in [0.25, 0.3) is 10.0 Å². The largest absolute Gasteiger partial charge is 0.325 e. The van der Waals surface area contributed by atoms with E-state index in [1.54, 1.807) is 18.2 Å². The van der Waals surface area contributed by atoms with Crippen LogP contribution in [0.3, 0.4) is 0 Å². The Labute approximate surface area is 154 Å². The summed E-state index contributed by atoms with van der Waals surface area (Å²) in [6.07, 6.45) is 0.147. The summed E-state index contributed by atoms with van der Waals surface area (Å²) < 4.78 is 27.2. The van der Waals surface area contributed by atoms with Gasteiger partial charge in [-0.3, -0.25) is 14.5 Å². The number of halogens is 1. The molecule has 1 aliphatic heterocycles. The fraction of sp³-hybridized carbons (Fsp3) is 0.176. The molecule has 0 atom stereocenters. The highest BCUT2D eigenvalue weighted by molar-refractivity contribution is 9.10. The Hall–Kier alpha value is -2.19. The summed E-state index contributed by atoms with van der Waals surface area (Å²) in [6.45, 7) is 2.15. The maximum Gasteiger partial charge on any atom is 0.263 e. The molecule has 130 valence electrons. The fourth-order valence-corrected chi connectivity index (χ4v) is 4.30. The highest BCUT2D eigenvalue weighted by Crippen LogP contribution is 2.24. The van der Waals surface area contributed by atoms with Crippen LogP contribution in [-0.4, -0.2) is 26.7 Å². The van der Waals surface area contributed by atoms with Gasteiger partial charge in [0.05, 0.1) is 17.1 Å². The summed E-state index contributed by atoms with van der Waals surface area (Å²) in [5.41, 5.74) is 2.31. The Kier molecular flexibility index (Phi) is 4.91. The van der Waals surface area contributed by atoms with Crippen LogP contribution in [0.1, 0.15) is 17.5 Å². The number of rotatable bonds is 4. The lowest BCUT2D eigenvalue weighted by molar-refractivity contribution is -0.116. The average Bonchev–Trinajstić information content (AvgIpc) is 2.82. The van der Waals surface area contributed by atoms with E-state index in [-0.39, 0.29) is 29.6 Å². The summed E-state index contributed by atoms with van der Waals surface area (Å²) >= 11 is 3.41. The van der Waals surface area contributed by atoms with Crippen LogP contribution in [0.5, 0.6) is 0 Å². The molecule has 6 nitrogen and oxygen atoms in total. The van der Waals surface area contributed by atoms with Gasteiger partial charge in [0.1, 0.15) is 5.84 Å². The van der Waals surface area contributed by atoms with Crippen LogP contribution in [0.25, 0.3) is 0 Å². The van der Waals surface area contributed by atoms with Crippen molar-refractivity contribution in [2.24, 2.45) is 4.99 Å². The van der Waals surface area contributed by atoms with E-state index < -0.39 is 10.0 Å².